The van der Waals surface area contributed by atoms with E-state index in [0.717, 1.165) is 75.6 Å². The molecule has 0 spiro atoms. The summed E-state index contributed by atoms with van der Waals surface area (Å²) in [6.07, 6.45) is 5.21. The van der Waals surface area contributed by atoms with Gasteiger partial charge in [0.25, 0.3) is 5.91 Å². The number of carbonyl (C=O) groups is 1. The normalized spacial score (nSPS) is 15.6. The summed E-state index contributed by atoms with van der Waals surface area (Å²) in [6.45, 7) is 15.2. The summed E-state index contributed by atoms with van der Waals surface area (Å²) >= 11 is 0. The lowest BCUT2D eigenvalue weighted by molar-refractivity contribution is 0.0779. The summed E-state index contributed by atoms with van der Waals surface area (Å²) in [7, 11) is 4.63. The first-order chi connectivity index (χ1) is 24.7. The number of aryl methyl sites for hydroxylation is 1. The zero-order chi connectivity index (χ0) is 36.8. The Morgan fingerprint density at radius 2 is 1.63 bits per heavy atom. The molecule has 1 amide bonds. The van der Waals surface area contributed by atoms with Gasteiger partial charge in [0.2, 0.25) is 5.75 Å². The molecule has 51 heavy (non-hydrogen) atoms. The van der Waals surface area contributed by atoms with Gasteiger partial charge in [0.15, 0.2) is 11.5 Å². The van der Waals surface area contributed by atoms with E-state index in [0.29, 0.717) is 35.9 Å². The highest BCUT2D eigenvalue weighted by Crippen LogP contribution is 2.41. The Bertz CT molecular complexity index is 1650. The number of likely N-dealkylation sites (tertiary alicyclic amines) is 1. The number of aromatic nitrogens is 2. The maximum Gasteiger partial charge on any atom is 0.254 e. The van der Waals surface area contributed by atoms with Crippen LogP contribution in [0.3, 0.4) is 0 Å². The molecule has 1 saturated heterocycles. The molecule has 1 aromatic heterocycles. The molecule has 4 aromatic rings. The highest BCUT2D eigenvalue weighted by Gasteiger charge is 2.41. The van der Waals surface area contributed by atoms with Gasteiger partial charge in [0.05, 0.1) is 39.0 Å². The largest absolute Gasteiger partial charge is 0.493 e. The molecule has 1 atom stereocenters. The van der Waals surface area contributed by atoms with Gasteiger partial charge < -0.3 is 33.3 Å². The van der Waals surface area contributed by atoms with Crippen LogP contribution in [0, 0.1) is 12.7 Å². The SMILES string of the molecule is CCCCN(CCC)CCC1(c2ccc(F)cc2)CCN(C(=O)c2cc(OC)c(OC)c(OC)c2)C1.CCOCCn1c(C)nc2ccccc21. The predicted molar refractivity (Wildman–Crippen MR) is 202 cm³/mol. The summed E-state index contributed by atoms with van der Waals surface area (Å²) in [5, 5.41) is 0. The Labute approximate surface area is 303 Å². The van der Waals surface area contributed by atoms with Crippen molar-refractivity contribution in [3.8, 4) is 17.2 Å². The van der Waals surface area contributed by atoms with Gasteiger partial charge in [-0.25, -0.2) is 9.37 Å². The van der Waals surface area contributed by atoms with Gasteiger partial charge in [-0.1, -0.05) is 44.5 Å². The van der Waals surface area contributed by atoms with Crippen LogP contribution in [0.2, 0.25) is 0 Å². The van der Waals surface area contributed by atoms with E-state index in [1.165, 1.54) is 30.5 Å². The molecule has 1 aliphatic heterocycles. The number of nitrogens with zero attached hydrogens (tertiary/aromatic N) is 4. The molecule has 0 radical (unpaired) electrons. The maximum absolute atomic E-state index is 13.8. The number of hydrogen-bond acceptors (Lipinski definition) is 7. The number of ether oxygens (including phenoxy) is 4. The Morgan fingerprint density at radius 1 is 0.922 bits per heavy atom. The first-order valence-electron chi connectivity index (χ1n) is 18.3. The van der Waals surface area contributed by atoms with E-state index in [2.05, 4.69) is 34.4 Å². The number of hydrogen-bond donors (Lipinski definition) is 0. The molecule has 0 N–H and O–H groups in total. The number of rotatable bonds is 17. The Morgan fingerprint density at radius 3 is 2.25 bits per heavy atom. The molecular weight excluding hydrogens is 647 g/mol. The van der Waals surface area contributed by atoms with E-state index in [1.54, 1.807) is 33.5 Å². The molecule has 0 saturated carbocycles. The second-order valence-electron chi connectivity index (χ2n) is 13.1. The molecule has 0 aliphatic carbocycles. The molecule has 278 valence electrons. The van der Waals surface area contributed by atoms with E-state index in [1.807, 2.05) is 49.1 Å². The van der Waals surface area contributed by atoms with Gasteiger partial charge >= 0.3 is 0 Å². The van der Waals surface area contributed by atoms with Gasteiger partial charge in [0, 0.05) is 37.2 Å². The molecule has 1 aliphatic rings. The fraction of sp³-hybridized carbons (Fsp3) is 0.512. The lowest BCUT2D eigenvalue weighted by Gasteiger charge is -2.33. The van der Waals surface area contributed by atoms with Crippen LogP contribution >= 0.6 is 0 Å². The van der Waals surface area contributed by atoms with Crippen molar-refractivity contribution in [2.75, 3.05) is 67.3 Å². The molecule has 9 nitrogen and oxygen atoms in total. The van der Waals surface area contributed by atoms with Crippen molar-refractivity contribution in [1.29, 1.82) is 0 Å². The fourth-order valence-corrected chi connectivity index (χ4v) is 7.00. The van der Waals surface area contributed by atoms with Gasteiger partial charge in [0.1, 0.15) is 11.6 Å². The van der Waals surface area contributed by atoms with E-state index < -0.39 is 0 Å². The van der Waals surface area contributed by atoms with Gasteiger partial charge in [-0.3, -0.25) is 4.79 Å². The second-order valence-corrected chi connectivity index (χ2v) is 13.1. The Hall–Kier alpha value is -4.15. The minimum atomic E-state index is -0.243. The third-order valence-corrected chi connectivity index (χ3v) is 9.79. The zero-order valence-corrected chi connectivity index (χ0v) is 31.7. The predicted octanol–water partition coefficient (Wildman–Crippen LogP) is 7.92. The van der Waals surface area contributed by atoms with Gasteiger partial charge in [-0.15, -0.1) is 0 Å². The molecule has 0 bridgehead atoms. The van der Waals surface area contributed by atoms with Crippen molar-refractivity contribution in [2.45, 2.75) is 71.8 Å². The first kappa shape index (κ1) is 39.6. The highest BCUT2D eigenvalue weighted by molar-refractivity contribution is 5.96. The molecule has 2 heterocycles. The van der Waals surface area contributed by atoms with Crippen molar-refractivity contribution in [1.82, 2.24) is 19.4 Å². The van der Waals surface area contributed by atoms with Crippen LogP contribution in [-0.4, -0.2) is 92.5 Å². The van der Waals surface area contributed by atoms with Crippen molar-refractivity contribution in [3.63, 3.8) is 0 Å². The number of fused-ring (bicyclic) bond motifs is 1. The Kier molecular flexibility index (Phi) is 15.1. The molecule has 1 unspecified atom stereocenters. The molecule has 10 heteroatoms. The first-order valence-corrected chi connectivity index (χ1v) is 18.3. The number of imidazole rings is 1. The van der Waals surface area contributed by atoms with Crippen molar-refractivity contribution < 1.29 is 28.1 Å². The quantitative estimate of drug-likeness (QED) is 0.103. The van der Waals surface area contributed by atoms with Crippen LogP contribution < -0.4 is 14.2 Å². The lowest BCUT2D eigenvalue weighted by Crippen LogP contribution is -2.38. The summed E-state index contributed by atoms with van der Waals surface area (Å²) in [6, 6.07) is 18.4. The number of unbranched alkanes of at least 4 members (excludes halogenated alkanes) is 1. The zero-order valence-electron chi connectivity index (χ0n) is 31.7. The smallest absolute Gasteiger partial charge is 0.254 e. The number of carbonyl (C=O) groups excluding carboxylic acids is 1. The average molecular weight is 705 g/mol. The van der Waals surface area contributed by atoms with E-state index in [4.69, 9.17) is 18.9 Å². The number of benzene rings is 3. The van der Waals surface area contributed by atoms with Crippen molar-refractivity contribution in [2.24, 2.45) is 0 Å². The number of para-hydroxylation sites is 2. The minimum Gasteiger partial charge on any atom is -0.493 e. The summed E-state index contributed by atoms with van der Waals surface area (Å²) in [4.78, 5) is 22.6. The van der Waals surface area contributed by atoms with E-state index >= 15 is 0 Å². The monoisotopic (exact) mass is 704 g/mol. The van der Waals surface area contributed by atoms with Gasteiger partial charge in [-0.05, 0) is 101 Å². The standard InChI is InChI=1S/C29H41FN2O4.C12H16N2O/c1-6-8-16-31(15-7-2)17-13-29(23-9-11-24(30)12-10-23)14-18-32(21-29)28(33)22-19-25(34-3)27(36-5)26(20-22)35-4;1-3-15-9-8-14-10(2)13-11-6-4-5-7-12(11)14/h9-12,19-20H,6-8,13-18,21H2,1-5H3;4-7H,3,8-9H2,1-2H3. The van der Waals surface area contributed by atoms with Crippen LogP contribution in [0.1, 0.15) is 74.6 Å². The highest BCUT2D eigenvalue weighted by atomic mass is 19.1. The maximum atomic E-state index is 13.8. The van der Waals surface area contributed by atoms with Gasteiger partial charge in [-0.2, -0.15) is 0 Å². The molecular formula is C41H57FN4O5. The number of methoxy groups -OCH3 is 3. The van der Waals surface area contributed by atoms with Crippen LogP contribution in [-0.2, 0) is 16.7 Å². The number of halogens is 1. The Balaban J connectivity index is 0.000000322. The van der Waals surface area contributed by atoms with E-state index in [9.17, 15) is 9.18 Å². The molecule has 5 rings (SSSR count). The van der Waals surface area contributed by atoms with Crippen molar-refractivity contribution in [3.05, 3.63) is 83.4 Å². The summed E-state index contributed by atoms with van der Waals surface area (Å²) in [5.74, 6) is 2.10. The minimum absolute atomic E-state index is 0.0744. The third-order valence-electron chi connectivity index (χ3n) is 9.79. The number of amides is 1. The third kappa shape index (κ3) is 10.0. The van der Waals surface area contributed by atoms with Crippen LogP contribution in [0.15, 0.2) is 60.7 Å². The van der Waals surface area contributed by atoms with Crippen LogP contribution in [0.25, 0.3) is 11.0 Å². The topological polar surface area (TPSA) is 78.3 Å². The van der Waals surface area contributed by atoms with E-state index in [-0.39, 0.29) is 17.1 Å². The summed E-state index contributed by atoms with van der Waals surface area (Å²) in [5.41, 5.74) is 3.62. The molecule has 3 aromatic carbocycles. The fourth-order valence-electron chi connectivity index (χ4n) is 7.00. The molecule has 1 fully saturated rings. The lowest BCUT2D eigenvalue weighted by atomic mass is 9.76. The van der Waals surface area contributed by atoms with Crippen molar-refractivity contribution >= 4 is 16.9 Å². The summed E-state index contributed by atoms with van der Waals surface area (Å²) < 4.78 is 37.7. The average Bonchev–Trinajstić information content (AvgIpc) is 3.73. The van der Waals surface area contributed by atoms with Crippen LogP contribution in [0.4, 0.5) is 4.39 Å². The van der Waals surface area contributed by atoms with Crippen LogP contribution in [0.5, 0.6) is 17.2 Å². The second kappa shape index (κ2) is 19.5.